The van der Waals surface area contributed by atoms with Crippen LogP contribution in [0.25, 0.3) is 0 Å². The number of halogens is 1. The molecule has 0 saturated heterocycles. The molecule has 1 aromatic rings. The largest absolute Gasteiger partial charge is 0.355 e. The van der Waals surface area contributed by atoms with Gasteiger partial charge in [0.2, 0.25) is 0 Å². The molecule has 0 unspecified atom stereocenters. The summed E-state index contributed by atoms with van der Waals surface area (Å²) in [5.41, 5.74) is 1.72. The SMILES string of the molecule is CNC(=O)c1cc(C(C)(C)C)cc(C(=O)NC)c1Br. The molecule has 0 atom stereocenters. The average molecular weight is 327 g/mol. The van der Waals surface area contributed by atoms with Gasteiger partial charge in [-0.3, -0.25) is 9.59 Å². The van der Waals surface area contributed by atoms with Gasteiger partial charge < -0.3 is 10.6 Å². The smallest absolute Gasteiger partial charge is 0.252 e. The van der Waals surface area contributed by atoms with Crippen LogP contribution >= 0.6 is 15.9 Å². The number of benzene rings is 1. The predicted octanol–water partition coefficient (Wildman–Crippen LogP) is 2.47. The molecule has 4 nitrogen and oxygen atoms in total. The van der Waals surface area contributed by atoms with Crippen LogP contribution in [0.15, 0.2) is 16.6 Å². The van der Waals surface area contributed by atoms with Crippen LogP contribution in [0.2, 0.25) is 0 Å². The minimum Gasteiger partial charge on any atom is -0.355 e. The summed E-state index contributed by atoms with van der Waals surface area (Å²) >= 11 is 3.34. The Kier molecular flexibility index (Phi) is 4.74. The van der Waals surface area contributed by atoms with Crippen LogP contribution in [0, 0.1) is 0 Å². The van der Waals surface area contributed by atoms with Crippen molar-refractivity contribution in [3.63, 3.8) is 0 Å². The van der Waals surface area contributed by atoms with Gasteiger partial charge in [0, 0.05) is 18.6 Å². The Morgan fingerprint density at radius 3 is 1.63 bits per heavy atom. The highest BCUT2D eigenvalue weighted by Crippen LogP contribution is 2.30. The first-order chi connectivity index (χ1) is 8.72. The van der Waals surface area contributed by atoms with E-state index < -0.39 is 0 Å². The molecule has 1 rings (SSSR count). The number of nitrogens with one attached hydrogen (secondary N) is 2. The molecule has 0 aromatic heterocycles. The van der Waals surface area contributed by atoms with Crippen molar-refractivity contribution in [2.24, 2.45) is 0 Å². The molecule has 0 radical (unpaired) electrons. The van der Waals surface area contributed by atoms with Gasteiger partial charge in [0.25, 0.3) is 11.8 Å². The molecule has 0 aliphatic carbocycles. The van der Waals surface area contributed by atoms with E-state index in [0.29, 0.717) is 15.6 Å². The van der Waals surface area contributed by atoms with Gasteiger partial charge in [-0.1, -0.05) is 20.8 Å². The Hall–Kier alpha value is -1.36. The van der Waals surface area contributed by atoms with Crippen LogP contribution in [-0.2, 0) is 5.41 Å². The van der Waals surface area contributed by atoms with Crippen molar-refractivity contribution in [2.75, 3.05) is 14.1 Å². The first-order valence-electron chi connectivity index (χ1n) is 6.00. The van der Waals surface area contributed by atoms with Crippen LogP contribution in [-0.4, -0.2) is 25.9 Å². The summed E-state index contributed by atoms with van der Waals surface area (Å²) in [5.74, 6) is -0.439. The second-order valence-electron chi connectivity index (χ2n) is 5.29. The van der Waals surface area contributed by atoms with Crippen molar-refractivity contribution in [3.05, 3.63) is 33.3 Å². The Labute approximate surface area is 122 Å². The van der Waals surface area contributed by atoms with Crippen molar-refractivity contribution < 1.29 is 9.59 Å². The lowest BCUT2D eigenvalue weighted by molar-refractivity contribution is 0.0962. The summed E-state index contributed by atoms with van der Waals surface area (Å²) in [4.78, 5) is 23.8. The third-order valence-corrected chi connectivity index (χ3v) is 3.74. The molecule has 0 saturated carbocycles. The first kappa shape index (κ1) is 15.7. The Balaban J connectivity index is 3.56. The summed E-state index contributed by atoms with van der Waals surface area (Å²) < 4.78 is 0.513. The van der Waals surface area contributed by atoms with Crippen molar-refractivity contribution in [3.8, 4) is 0 Å². The Morgan fingerprint density at radius 2 is 1.37 bits per heavy atom. The van der Waals surface area contributed by atoms with Gasteiger partial charge in [-0.05, 0) is 39.0 Å². The fourth-order valence-corrected chi connectivity index (χ4v) is 2.25. The van der Waals surface area contributed by atoms with Crippen molar-refractivity contribution in [1.82, 2.24) is 10.6 Å². The number of hydrogen-bond donors (Lipinski definition) is 2. The molecule has 5 heteroatoms. The molecule has 0 fully saturated rings. The lowest BCUT2D eigenvalue weighted by Crippen LogP contribution is -2.24. The van der Waals surface area contributed by atoms with E-state index in [2.05, 4.69) is 26.6 Å². The highest BCUT2D eigenvalue weighted by atomic mass is 79.9. The third kappa shape index (κ3) is 3.35. The van der Waals surface area contributed by atoms with Gasteiger partial charge in [0.15, 0.2) is 0 Å². The molecule has 2 amide bonds. The van der Waals surface area contributed by atoms with Crippen molar-refractivity contribution in [1.29, 1.82) is 0 Å². The predicted molar refractivity (Wildman–Crippen MR) is 79.6 cm³/mol. The zero-order chi connectivity index (χ0) is 14.8. The van der Waals surface area contributed by atoms with Crippen molar-refractivity contribution >= 4 is 27.7 Å². The average Bonchev–Trinajstić information content (AvgIpc) is 2.35. The fraction of sp³-hybridized carbons (Fsp3) is 0.429. The number of carbonyl (C=O) groups excluding carboxylic acids is 2. The van der Waals surface area contributed by atoms with Crippen LogP contribution in [0.5, 0.6) is 0 Å². The van der Waals surface area contributed by atoms with E-state index in [-0.39, 0.29) is 17.2 Å². The Morgan fingerprint density at radius 1 is 1.00 bits per heavy atom. The van der Waals surface area contributed by atoms with Crippen LogP contribution in [0.3, 0.4) is 0 Å². The molecule has 0 aliphatic heterocycles. The molecule has 19 heavy (non-hydrogen) atoms. The molecule has 0 spiro atoms. The van der Waals surface area contributed by atoms with Crippen LogP contribution in [0.4, 0.5) is 0 Å². The quantitative estimate of drug-likeness (QED) is 0.877. The normalized spacial score (nSPS) is 11.1. The maximum atomic E-state index is 11.9. The molecule has 2 N–H and O–H groups in total. The number of rotatable bonds is 2. The van der Waals surface area contributed by atoms with Gasteiger partial charge in [-0.15, -0.1) is 0 Å². The summed E-state index contributed by atoms with van der Waals surface area (Å²) in [6, 6.07) is 3.63. The zero-order valence-corrected chi connectivity index (χ0v) is 13.4. The molecular formula is C14H19BrN2O2. The zero-order valence-electron chi connectivity index (χ0n) is 11.8. The van der Waals surface area contributed by atoms with Gasteiger partial charge in [0.05, 0.1) is 11.1 Å². The number of hydrogen-bond acceptors (Lipinski definition) is 2. The number of amides is 2. The standard InChI is InChI=1S/C14H19BrN2O2/c1-14(2,3)8-6-9(12(18)16-4)11(15)10(7-8)13(19)17-5/h6-7H,1-5H3,(H,16,18)(H,17,19). The molecule has 104 valence electrons. The van der Waals surface area contributed by atoms with Gasteiger partial charge in [0.1, 0.15) is 0 Å². The monoisotopic (exact) mass is 326 g/mol. The topological polar surface area (TPSA) is 58.2 Å². The first-order valence-corrected chi connectivity index (χ1v) is 6.79. The molecule has 0 bridgehead atoms. The second kappa shape index (κ2) is 5.74. The van der Waals surface area contributed by atoms with Crippen LogP contribution in [0.1, 0.15) is 47.1 Å². The third-order valence-electron chi connectivity index (χ3n) is 2.88. The fourth-order valence-electron chi connectivity index (χ4n) is 1.66. The van der Waals surface area contributed by atoms with E-state index in [1.165, 1.54) is 0 Å². The lowest BCUT2D eigenvalue weighted by Gasteiger charge is -2.22. The molecule has 0 aliphatic rings. The molecular weight excluding hydrogens is 308 g/mol. The molecule has 1 aromatic carbocycles. The van der Waals surface area contributed by atoms with Gasteiger partial charge in [-0.2, -0.15) is 0 Å². The summed E-state index contributed by atoms with van der Waals surface area (Å²) in [7, 11) is 3.14. The number of carbonyl (C=O) groups is 2. The van der Waals surface area contributed by atoms with Crippen molar-refractivity contribution in [2.45, 2.75) is 26.2 Å². The van der Waals surface area contributed by atoms with E-state index >= 15 is 0 Å². The maximum Gasteiger partial charge on any atom is 0.252 e. The molecule has 0 heterocycles. The summed E-state index contributed by atoms with van der Waals surface area (Å²) in [6.07, 6.45) is 0. The summed E-state index contributed by atoms with van der Waals surface area (Å²) in [5, 5.41) is 5.17. The minimum absolute atomic E-state index is 0.147. The minimum atomic E-state index is -0.219. The van der Waals surface area contributed by atoms with Gasteiger partial charge >= 0.3 is 0 Å². The van der Waals surface area contributed by atoms with E-state index in [1.807, 2.05) is 32.9 Å². The van der Waals surface area contributed by atoms with E-state index in [1.54, 1.807) is 14.1 Å². The van der Waals surface area contributed by atoms with Gasteiger partial charge in [-0.25, -0.2) is 0 Å². The highest BCUT2D eigenvalue weighted by Gasteiger charge is 2.22. The second-order valence-corrected chi connectivity index (χ2v) is 6.09. The Bertz CT molecular complexity index is 482. The highest BCUT2D eigenvalue weighted by molar-refractivity contribution is 9.10. The van der Waals surface area contributed by atoms with E-state index in [4.69, 9.17) is 0 Å². The van der Waals surface area contributed by atoms with E-state index in [0.717, 1.165) is 5.56 Å². The summed E-state index contributed by atoms with van der Waals surface area (Å²) in [6.45, 7) is 6.12. The van der Waals surface area contributed by atoms with E-state index in [9.17, 15) is 9.59 Å². The maximum absolute atomic E-state index is 11.9. The lowest BCUT2D eigenvalue weighted by atomic mass is 9.85. The van der Waals surface area contributed by atoms with Crippen LogP contribution < -0.4 is 10.6 Å².